The van der Waals surface area contributed by atoms with Gasteiger partial charge in [0.05, 0.1) is 26.8 Å². The lowest BCUT2D eigenvalue weighted by Gasteiger charge is -2.02. The maximum atomic E-state index is 11.1. The molecule has 0 atom stereocenters. The Morgan fingerprint density at radius 2 is 2.28 bits per heavy atom. The number of hydrogen-bond donors (Lipinski definition) is 0. The Morgan fingerprint density at radius 3 is 3.00 bits per heavy atom. The largest absolute Gasteiger partial charge is 0.497 e. The summed E-state index contributed by atoms with van der Waals surface area (Å²) in [4.78, 5) is 15.3. The zero-order valence-corrected chi connectivity index (χ0v) is 10.2. The second-order valence-electron chi connectivity index (χ2n) is 3.60. The van der Waals surface area contributed by atoms with Crippen molar-refractivity contribution in [1.29, 1.82) is 0 Å². The predicted octanol–water partition coefficient (Wildman–Crippen LogP) is 0.991. The fourth-order valence-corrected chi connectivity index (χ4v) is 1.47. The van der Waals surface area contributed by atoms with Crippen molar-refractivity contribution in [2.75, 3.05) is 14.2 Å². The van der Waals surface area contributed by atoms with Gasteiger partial charge in [-0.2, -0.15) is 5.10 Å². The topological polar surface area (TPSA) is 66.2 Å². The highest BCUT2D eigenvalue weighted by molar-refractivity contribution is 5.72. The standard InChI is InChI=1S/C12H13N3O3/c1-17-10-3-4-13-11(6-10)15-8-9(7-14-15)5-12(16)18-2/h3-4,6-8H,5H2,1-2H3. The molecule has 0 aliphatic carbocycles. The first-order valence-electron chi connectivity index (χ1n) is 5.33. The molecule has 0 fully saturated rings. The molecule has 2 aromatic heterocycles. The van der Waals surface area contributed by atoms with Crippen LogP contribution in [0.2, 0.25) is 0 Å². The SMILES string of the molecule is COC(=O)Cc1cnn(-c2cc(OC)ccn2)c1. The van der Waals surface area contributed by atoms with Gasteiger partial charge in [-0.1, -0.05) is 0 Å². The molecule has 0 N–H and O–H groups in total. The Labute approximate surface area is 104 Å². The minimum absolute atomic E-state index is 0.195. The highest BCUT2D eigenvalue weighted by Crippen LogP contribution is 2.13. The number of ether oxygens (including phenoxy) is 2. The van der Waals surface area contributed by atoms with Crippen LogP contribution in [0.1, 0.15) is 5.56 Å². The molecule has 0 saturated carbocycles. The van der Waals surface area contributed by atoms with Gasteiger partial charge in [-0.15, -0.1) is 0 Å². The van der Waals surface area contributed by atoms with Crippen LogP contribution in [-0.2, 0) is 16.0 Å². The highest BCUT2D eigenvalue weighted by Gasteiger charge is 2.07. The molecule has 94 valence electrons. The zero-order chi connectivity index (χ0) is 13.0. The van der Waals surface area contributed by atoms with Crippen LogP contribution in [-0.4, -0.2) is 35.0 Å². The van der Waals surface area contributed by atoms with Crippen molar-refractivity contribution < 1.29 is 14.3 Å². The number of aromatic nitrogens is 3. The van der Waals surface area contributed by atoms with Gasteiger partial charge in [-0.25, -0.2) is 9.67 Å². The van der Waals surface area contributed by atoms with Crippen LogP contribution >= 0.6 is 0 Å². The Bertz CT molecular complexity index is 551. The molecule has 2 rings (SSSR count). The van der Waals surface area contributed by atoms with Crippen LogP contribution in [0, 0.1) is 0 Å². The smallest absolute Gasteiger partial charge is 0.310 e. The van der Waals surface area contributed by atoms with E-state index < -0.39 is 0 Å². The molecule has 0 spiro atoms. The van der Waals surface area contributed by atoms with Crippen LogP contribution in [0.15, 0.2) is 30.7 Å². The Hall–Kier alpha value is -2.37. The molecule has 0 aliphatic rings. The Morgan fingerprint density at radius 1 is 1.44 bits per heavy atom. The number of carbonyl (C=O) groups is 1. The molecule has 18 heavy (non-hydrogen) atoms. The van der Waals surface area contributed by atoms with Gasteiger partial charge in [0.25, 0.3) is 0 Å². The van der Waals surface area contributed by atoms with Crippen molar-refractivity contribution in [1.82, 2.24) is 14.8 Å². The lowest BCUT2D eigenvalue weighted by Crippen LogP contribution is -2.03. The van der Waals surface area contributed by atoms with Crippen LogP contribution in [0.3, 0.4) is 0 Å². The summed E-state index contributed by atoms with van der Waals surface area (Å²) in [5, 5.41) is 4.14. The second kappa shape index (κ2) is 5.31. The number of hydrogen-bond acceptors (Lipinski definition) is 5. The fraction of sp³-hybridized carbons (Fsp3) is 0.250. The molecule has 2 heterocycles. The molecule has 6 heteroatoms. The summed E-state index contributed by atoms with van der Waals surface area (Å²) in [6.07, 6.45) is 5.17. The summed E-state index contributed by atoms with van der Waals surface area (Å²) in [7, 11) is 2.95. The summed E-state index contributed by atoms with van der Waals surface area (Å²) in [5.41, 5.74) is 0.770. The van der Waals surface area contributed by atoms with E-state index in [1.54, 1.807) is 42.5 Å². The molecule has 0 aromatic carbocycles. The molecule has 6 nitrogen and oxygen atoms in total. The predicted molar refractivity (Wildman–Crippen MR) is 63.6 cm³/mol. The van der Waals surface area contributed by atoms with Gasteiger partial charge in [-0.05, 0) is 6.07 Å². The van der Waals surface area contributed by atoms with Gasteiger partial charge in [-0.3, -0.25) is 4.79 Å². The first-order chi connectivity index (χ1) is 8.72. The van der Waals surface area contributed by atoms with Gasteiger partial charge in [0.1, 0.15) is 5.75 Å². The lowest BCUT2D eigenvalue weighted by atomic mass is 10.3. The number of rotatable bonds is 4. The van der Waals surface area contributed by atoms with E-state index in [1.165, 1.54) is 7.11 Å². The van der Waals surface area contributed by atoms with Gasteiger partial charge >= 0.3 is 5.97 Å². The van der Waals surface area contributed by atoms with Gasteiger partial charge < -0.3 is 9.47 Å². The number of carbonyl (C=O) groups excluding carboxylic acids is 1. The molecular weight excluding hydrogens is 234 g/mol. The number of nitrogens with zero attached hydrogens (tertiary/aromatic N) is 3. The highest BCUT2D eigenvalue weighted by atomic mass is 16.5. The van der Waals surface area contributed by atoms with Gasteiger partial charge in [0, 0.05) is 24.0 Å². The summed E-state index contributed by atoms with van der Waals surface area (Å²) in [5.74, 6) is 1.03. The van der Waals surface area contributed by atoms with Crippen molar-refractivity contribution in [3.8, 4) is 11.6 Å². The van der Waals surface area contributed by atoms with E-state index in [4.69, 9.17) is 4.74 Å². The van der Waals surface area contributed by atoms with Crippen molar-refractivity contribution in [3.05, 3.63) is 36.3 Å². The average Bonchev–Trinajstić information content (AvgIpc) is 2.87. The summed E-state index contributed by atoms with van der Waals surface area (Å²) < 4.78 is 11.3. The van der Waals surface area contributed by atoms with Crippen molar-refractivity contribution in [2.45, 2.75) is 6.42 Å². The van der Waals surface area contributed by atoms with E-state index in [0.717, 1.165) is 5.56 Å². The van der Waals surface area contributed by atoms with Crippen LogP contribution < -0.4 is 4.74 Å². The maximum absolute atomic E-state index is 11.1. The molecule has 0 amide bonds. The molecule has 0 saturated heterocycles. The Kier molecular flexibility index (Phi) is 3.57. The van der Waals surface area contributed by atoms with Crippen molar-refractivity contribution >= 4 is 5.97 Å². The molecule has 0 aliphatic heterocycles. The zero-order valence-electron chi connectivity index (χ0n) is 10.2. The summed E-state index contributed by atoms with van der Waals surface area (Å²) >= 11 is 0. The molecule has 0 bridgehead atoms. The van der Waals surface area contributed by atoms with E-state index in [-0.39, 0.29) is 12.4 Å². The maximum Gasteiger partial charge on any atom is 0.310 e. The number of methoxy groups -OCH3 is 2. The minimum Gasteiger partial charge on any atom is -0.497 e. The molecule has 0 radical (unpaired) electrons. The normalized spacial score (nSPS) is 10.1. The third-order valence-electron chi connectivity index (χ3n) is 2.40. The Balaban J connectivity index is 2.20. The quantitative estimate of drug-likeness (QED) is 0.754. The lowest BCUT2D eigenvalue weighted by molar-refractivity contribution is -0.139. The molecule has 2 aromatic rings. The third kappa shape index (κ3) is 2.65. The minimum atomic E-state index is -0.298. The summed E-state index contributed by atoms with van der Waals surface area (Å²) in [6, 6.07) is 3.51. The number of esters is 1. The van der Waals surface area contributed by atoms with Crippen molar-refractivity contribution in [2.24, 2.45) is 0 Å². The van der Waals surface area contributed by atoms with E-state index in [1.807, 2.05) is 0 Å². The van der Waals surface area contributed by atoms with E-state index >= 15 is 0 Å². The van der Waals surface area contributed by atoms with Crippen LogP contribution in [0.25, 0.3) is 5.82 Å². The van der Waals surface area contributed by atoms with E-state index in [2.05, 4.69) is 14.8 Å². The first kappa shape index (κ1) is 12.1. The fourth-order valence-electron chi connectivity index (χ4n) is 1.47. The van der Waals surface area contributed by atoms with Gasteiger partial charge in [0.2, 0.25) is 0 Å². The van der Waals surface area contributed by atoms with Crippen LogP contribution in [0.4, 0.5) is 0 Å². The summed E-state index contributed by atoms with van der Waals surface area (Å²) in [6.45, 7) is 0. The van der Waals surface area contributed by atoms with Gasteiger partial charge in [0.15, 0.2) is 5.82 Å². The van der Waals surface area contributed by atoms with Crippen molar-refractivity contribution in [3.63, 3.8) is 0 Å². The average molecular weight is 247 g/mol. The third-order valence-corrected chi connectivity index (χ3v) is 2.40. The van der Waals surface area contributed by atoms with Crippen LogP contribution in [0.5, 0.6) is 5.75 Å². The monoisotopic (exact) mass is 247 g/mol. The molecule has 0 unspecified atom stereocenters. The number of pyridine rings is 1. The first-order valence-corrected chi connectivity index (χ1v) is 5.33. The van der Waals surface area contributed by atoms with E-state index in [9.17, 15) is 4.79 Å². The second-order valence-corrected chi connectivity index (χ2v) is 3.60. The van der Waals surface area contributed by atoms with E-state index in [0.29, 0.717) is 11.6 Å². The molecular formula is C12H13N3O3.